The third kappa shape index (κ3) is 10.0. The Bertz CT molecular complexity index is 739. The number of aromatic nitrogens is 2. The number of ether oxygens (including phenoxy) is 2. The fourth-order valence-electron chi connectivity index (χ4n) is 3.67. The molecule has 2 aliphatic rings. The molecule has 2 aliphatic heterocycles. The maximum atomic E-state index is 13.0. The van der Waals surface area contributed by atoms with Crippen molar-refractivity contribution >= 4 is 24.7 Å². The molecular weight excluding hydrogens is 434 g/mol. The average molecular weight is 470 g/mol. The summed E-state index contributed by atoms with van der Waals surface area (Å²) in [7, 11) is 3.51. The van der Waals surface area contributed by atoms with Gasteiger partial charge in [0.2, 0.25) is 5.91 Å². The van der Waals surface area contributed by atoms with Gasteiger partial charge in [0.25, 0.3) is 12.9 Å². The van der Waals surface area contributed by atoms with Crippen molar-refractivity contribution in [1.29, 1.82) is 0 Å². The quantitative estimate of drug-likeness (QED) is 0.235. The number of aryl methyl sites for hydroxylation is 1. The van der Waals surface area contributed by atoms with Crippen LogP contribution in [0.5, 0.6) is 0 Å². The second-order valence-corrected chi connectivity index (χ2v) is 7.52. The van der Waals surface area contributed by atoms with Crippen molar-refractivity contribution in [1.82, 2.24) is 20.0 Å². The molecule has 3 rings (SSSR count). The van der Waals surface area contributed by atoms with Gasteiger partial charge in [-0.15, -0.1) is 0 Å². The van der Waals surface area contributed by atoms with Crippen LogP contribution < -0.4 is 10.6 Å². The highest BCUT2D eigenvalue weighted by Gasteiger charge is 2.41. The van der Waals surface area contributed by atoms with E-state index in [1.165, 1.54) is 5.57 Å². The lowest BCUT2D eigenvalue weighted by molar-refractivity contribution is -0.127. The number of nitrogens with one attached hydrogen (secondary N) is 2. The third-order valence-corrected chi connectivity index (χ3v) is 5.23. The highest BCUT2D eigenvalue weighted by molar-refractivity contribution is 5.89. The first-order valence-electron chi connectivity index (χ1n) is 10.6. The number of carbonyl (C=O) groups is 3. The molecule has 0 bridgehead atoms. The van der Waals surface area contributed by atoms with Gasteiger partial charge >= 0.3 is 0 Å². The Labute approximate surface area is 193 Å². The second kappa shape index (κ2) is 15.8. The zero-order valence-corrected chi connectivity index (χ0v) is 19.2. The number of carbonyl (C=O) groups excluding carboxylic acids is 1. The molecule has 1 saturated heterocycles. The maximum absolute atomic E-state index is 13.0. The second-order valence-electron chi connectivity index (χ2n) is 7.52. The third-order valence-electron chi connectivity index (χ3n) is 5.23. The van der Waals surface area contributed by atoms with E-state index in [1.807, 2.05) is 19.3 Å². The minimum Gasteiger partial charge on any atom is -0.483 e. The summed E-state index contributed by atoms with van der Waals surface area (Å²) in [5.41, 5.74) is 0.701. The summed E-state index contributed by atoms with van der Waals surface area (Å²) in [6, 6.07) is 1.90. The van der Waals surface area contributed by atoms with Crippen LogP contribution in [-0.2, 0) is 30.9 Å². The first kappa shape index (κ1) is 28.1. The summed E-state index contributed by atoms with van der Waals surface area (Å²) in [5.74, 6) is 0.751. The summed E-state index contributed by atoms with van der Waals surface area (Å²) in [6.45, 7) is 4.70. The summed E-state index contributed by atoms with van der Waals surface area (Å²) >= 11 is 0. The molecule has 1 aromatic rings. The van der Waals surface area contributed by atoms with E-state index in [0.29, 0.717) is 13.2 Å². The Balaban J connectivity index is 0.000000819. The molecule has 0 atom stereocenters. The Morgan fingerprint density at radius 2 is 1.97 bits per heavy atom. The number of hydrogen-bond acceptors (Lipinski definition) is 8. The predicted octanol–water partition coefficient (Wildman–Crippen LogP) is 0.178. The van der Waals surface area contributed by atoms with Crippen LogP contribution in [0.2, 0.25) is 0 Å². The maximum Gasteiger partial charge on any atom is 0.290 e. The smallest absolute Gasteiger partial charge is 0.290 e. The van der Waals surface area contributed by atoms with Gasteiger partial charge in [-0.2, -0.15) is 5.10 Å². The average Bonchev–Trinajstić information content (AvgIpc) is 3.21. The van der Waals surface area contributed by atoms with Gasteiger partial charge in [-0.05, 0) is 24.8 Å². The summed E-state index contributed by atoms with van der Waals surface area (Å²) < 4.78 is 12.3. The largest absolute Gasteiger partial charge is 0.483 e. The number of piperidine rings is 1. The Kier molecular flexibility index (Phi) is 13.4. The molecule has 3 heterocycles. The molecule has 0 spiro atoms. The van der Waals surface area contributed by atoms with Crippen molar-refractivity contribution in [2.75, 3.05) is 58.4 Å². The van der Waals surface area contributed by atoms with Crippen LogP contribution >= 0.6 is 0 Å². The fraction of sp³-hybridized carbons (Fsp3) is 0.619. The van der Waals surface area contributed by atoms with E-state index in [2.05, 4.69) is 26.7 Å². The van der Waals surface area contributed by atoms with Gasteiger partial charge in [0.1, 0.15) is 11.4 Å². The van der Waals surface area contributed by atoms with Crippen LogP contribution in [0.25, 0.3) is 0 Å². The lowest BCUT2D eigenvalue weighted by Gasteiger charge is -2.41. The molecule has 0 aliphatic carbocycles. The molecule has 1 amide bonds. The number of amides is 1. The zero-order valence-electron chi connectivity index (χ0n) is 19.2. The monoisotopic (exact) mass is 469 g/mol. The van der Waals surface area contributed by atoms with E-state index in [0.717, 1.165) is 57.9 Å². The van der Waals surface area contributed by atoms with Crippen LogP contribution in [0.4, 0.5) is 5.82 Å². The molecular formula is C21H35N5O7. The van der Waals surface area contributed by atoms with Crippen LogP contribution in [0, 0.1) is 0 Å². The zero-order chi connectivity index (χ0) is 24.5. The first-order valence-corrected chi connectivity index (χ1v) is 10.6. The minimum atomic E-state index is -0.643. The number of methoxy groups -OCH3 is 1. The van der Waals surface area contributed by atoms with Gasteiger partial charge in [0.15, 0.2) is 0 Å². The molecule has 186 valence electrons. The molecule has 12 nitrogen and oxygen atoms in total. The molecule has 0 saturated carbocycles. The number of likely N-dealkylation sites (tertiary alicyclic amines) is 1. The number of rotatable bonds is 8. The van der Waals surface area contributed by atoms with Gasteiger partial charge in [-0.25, -0.2) is 0 Å². The first-order chi connectivity index (χ1) is 15.9. The SMILES string of the molecule is COCCNC(=O)C1(Nc2ccn(C)n2)CCN(CC2=CCCOC2)CC1.O=CO.O=CO. The van der Waals surface area contributed by atoms with Gasteiger partial charge < -0.3 is 30.3 Å². The van der Waals surface area contributed by atoms with Crippen molar-refractivity contribution in [3.05, 3.63) is 23.9 Å². The normalized spacial score (nSPS) is 17.2. The van der Waals surface area contributed by atoms with Crippen LogP contribution in [0.1, 0.15) is 19.3 Å². The molecule has 1 fully saturated rings. The Morgan fingerprint density at radius 1 is 1.30 bits per heavy atom. The number of anilines is 1. The van der Waals surface area contributed by atoms with Gasteiger partial charge in [-0.3, -0.25) is 24.0 Å². The van der Waals surface area contributed by atoms with Gasteiger partial charge in [0.05, 0.1) is 19.8 Å². The van der Waals surface area contributed by atoms with E-state index in [1.54, 1.807) is 11.8 Å². The van der Waals surface area contributed by atoms with Crippen molar-refractivity contribution in [2.24, 2.45) is 7.05 Å². The fourth-order valence-corrected chi connectivity index (χ4v) is 3.67. The van der Waals surface area contributed by atoms with Gasteiger partial charge in [-0.1, -0.05) is 6.08 Å². The molecule has 12 heteroatoms. The summed E-state index contributed by atoms with van der Waals surface area (Å²) in [6.07, 6.45) is 6.63. The van der Waals surface area contributed by atoms with Crippen molar-refractivity contribution in [3.63, 3.8) is 0 Å². The summed E-state index contributed by atoms with van der Waals surface area (Å²) in [4.78, 5) is 32.1. The standard InChI is InChI=1S/C19H31N5O3.2CH2O2/c1-23-9-5-17(22-23)21-19(18(25)20-8-13-26-2)6-10-24(11-7-19)14-16-4-3-12-27-15-16;2*2-1-3/h4-5,9H,3,6-8,10-15H2,1-2H3,(H,20,25)(H,21,22);2*1H,(H,2,3). The lowest BCUT2D eigenvalue weighted by Crippen LogP contribution is -2.59. The molecule has 0 aromatic carbocycles. The highest BCUT2D eigenvalue weighted by Crippen LogP contribution is 2.27. The number of carboxylic acid groups (broad SMARTS) is 2. The summed E-state index contributed by atoms with van der Waals surface area (Å²) in [5, 5.41) is 24.6. The topological polar surface area (TPSA) is 155 Å². The number of nitrogens with zero attached hydrogens (tertiary/aromatic N) is 3. The lowest BCUT2D eigenvalue weighted by atomic mass is 9.86. The van der Waals surface area contributed by atoms with Crippen molar-refractivity contribution < 1.29 is 34.1 Å². The van der Waals surface area contributed by atoms with Gasteiger partial charge in [0, 0.05) is 52.6 Å². The van der Waals surface area contributed by atoms with Crippen LogP contribution in [-0.4, -0.2) is 102 Å². The minimum absolute atomic E-state index is 0.0186. The van der Waals surface area contributed by atoms with E-state index < -0.39 is 5.54 Å². The molecule has 0 unspecified atom stereocenters. The highest BCUT2D eigenvalue weighted by atomic mass is 16.5. The van der Waals surface area contributed by atoms with Crippen molar-refractivity contribution in [3.8, 4) is 0 Å². The Morgan fingerprint density at radius 3 is 2.48 bits per heavy atom. The molecule has 33 heavy (non-hydrogen) atoms. The Hall–Kier alpha value is -2.96. The van der Waals surface area contributed by atoms with E-state index >= 15 is 0 Å². The van der Waals surface area contributed by atoms with E-state index in [4.69, 9.17) is 29.3 Å². The molecule has 0 radical (unpaired) electrons. The number of hydrogen-bond donors (Lipinski definition) is 4. The van der Waals surface area contributed by atoms with Crippen LogP contribution in [0.3, 0.4) is 0 Å². The van der Waals surface area contributed by atoms with Crippen LogP contribution in [0.15, 0.2) is 23.9 Å². The molecule has 4 N–H and O–H groups in total. The predicted molar refractivity (Wildman–Crippen MR) is 121 cm³/mol. The van der Waals surface area contributed by atoms with Crippen molar-refractivity contribution in [2.45, 2.75) is 24.8 Å². The van der Waals surface area contributed by atoms with E-state index in [-0.39, 0.29) is 18.9 Å². The molecule has 1 aromatic heterocycles. The van der Waals surface area contributed by atoms with E-state index in [9.17, 15) is 4.79 Å².